The number of ether oxygens (including phenoxy) is 1. The van der Waals surface area contributed by atoms with Crippen LogP contribution in [-0.2, 0) is 6.42 Å². The predicted molar refractivity (Wildman–Crippen MR) is 91.4 cm³/mol. The minimum atomic E-state index is 0.346. The highest BCUT2D eigenvalue weighted by Gasteiger charge is 2.28. The quantitative estimate of drug-likeness (QED) is 0.652. The van der Waals surface area contributed by atoms with Gasteiger partial charge in [0.2, 0.25) is 0 Å². The Balaban J connectivity index is 1.84. The van der Waals surface area contributed by atoms with Gasteiger partial charge in [0.1, 0.15) is 5.75 Å². The van der Waals surface area contributed by atoms with Gasteiger partial charge in [-0.25, -0.2) is 0 Å². The van der Waals surface area contributed by atoms with Gasteiger partial charge in [-0.1, -0.05) is 71.7 Å². The van der Waals surface area contributed by atoms with Gasteiger partial charge in [-0.2, -0.15) is 0 Å². The Morgan fingerprint density at radius 1 is 1.14 bits per heavy atom. The summed E-state index contributed by atoms with van der Waals surface area (Å²) in [4.78, 5) is 0.346. The summed E-state index contributed by atoms with van der Waals surface area (Å²) in [5.41, 5.74) is 4.10. The highest BCUT2D eigenvalue weighted by atomic mass is 79.9. The van der Waals surface area contributed by atoms with E-state index < -0.39 is 0 Å². The van der Waals surface area contributed by atoms with Gasteiger partial charge in [0, 0.05) is 10.7 Å². The molecule has 1 aliphatic heterocycles. The molecule has 21 heavy (non-hydrogen) atoms. The largest absolute Gasteiger partial charge is 0.493 e. The van der Waals surface area contributed by atoms with Crippen molar-refractivity contribution in [2.24, 2.45) is 0 Å². The maximum absolute atomic E-state index is 5.77. The molecule has 1 nitrogen and oxygen atoms in total. The third kappa shape index (κ3) is 3.16. The maximum Gasteiger partial charge on any atom is 0.122 e. The van der Waals surface area contributed by atoms with E-state index in [-0.39, 0.29) is 0 Å². The molecule has 0 spiro atoms. The van der Waals surface area contributed by atoms with Crippen molar-refractivity contribution in [2.45, 2.75) is 36.9 Å². The number of para-hydroxylation sites is 1. The number of fused-ring (bicyclic) bond motifs is 1. The summed E-state index contributed by atoms with van der Waals surface area (Å²) in [6.07, 6.45) is 3.42. The monoisotopic (exact) mass is 344 g/mol. The molecule has 110 valence electrons. The van der Waals surface area contributed by atoms with Crippen LogP contribution in [0, 0.1) is 0 Å². The smallest absolute Gasteiger partial charge is 0.122 e. The van der Waals surface area contributed by atoms with Gasteiger partial charge in [0.05, 0.1) is 6.61 Å². The molecule has 2 atom stereocenters. The second-order valence-corrected chi connectivity index (χ2v) is 6.66. The first-order valence-corrected chi connectivity index (χ1v) is 8.66. The second-order valence-electron chi connectivity index (χ2n) is 5.67. The molecule has 1 heterocycles. The lowest BCUT2D eigenvalue weighted by atomic mass is 9.87. The van der Waals surface area contributed by atoms with E-state index in [1.54, 1.807) is 0 Å². The second kappa shape index (κ2) is 6.65. The number of benzene rings is 2. The number of aryl methyl sites for hydroxylation is 1. The lowest BCUT2D eigenvalue weighted by Crippen LogP contribution is -2.17. The predicted octanol–water partition coefficient (Wildman–Crippen LogP) is 5.64. The topological polar surface area (TPSA) is 9.23 Å². The van der Waals surface area contributed by atoms with Gasteiger partial charge in [0.15, 0.2) is 0 Å². The highest BCUT2D eigenvalue weighted by Crippen LogP contribution is 2.45. The molecule has 0 N–H and O–H groups in total. The van der Waals surface area contributed by atoms with E-state index in [0.29, 0.717) is 10.7 Å². The van der Waals surface area contributed by atoms with Gasteiger partial charge in [-0.15, -0.1) is 0 Å². The fourth-order valence-electron chi connectivity index (χ4n) is 3.06. The first kappa shape index (κ1) is 14.6. The van der Waals surface area contributed by atoms with Crippen molar-refractivity contribution in [3.8, 4) is 5.75 Å². The lowest BCUT2D eigenvalue weighted by Gasteiger charge is -2.29. The molecule has 2 unspecified atom stereocenters. The van der Waals surface area contributed by atoms with Gasteiger partial charge in [-0.05, 0) is 35.6 Å². The standard InChI is InChI=1S/C19H21BrO/c1-2-5-14-8-10-15(11-9-14)19(20)17-12-13-21-18-7-4-3-6-16(17)18/h3-4,6-11,17,19H,2,5,12-13H2,1H3. The summed E-state index contributed by atoms with van der Waals surface area (Å²) in [6.45, 7) is 3.03. The van der Waals surface area contributed by atoms with Crippen LogP contribution in [0.4, 0.5) is 0 Å². The van der Waals surface area contributed by atoms with E-state index >= 15 is 0 Å². The van der Waals surface area contributed by atoms with Crippen LogP contribution in [-0.4, -0.2) is 6.61 Å². The van der Waals surface area contributed by atoms with E-state index in [1.807, 2.05) is 6.07 Å². The van der Waals surface area contributed by atoms with Crippen molar-refractivity contribution in [1.29, 1.82) is 0 Å². The fraction of sp³-hybridized carbons (Fsp3) is 0.368. The van der Waals surface area contributed by atoms with Crippen LogP contribution in [0.1, 0.15) is 47.2 Å². The molecule has 0 amide bonds. The van der Waals surface area contributed by atoms with Crippen LogP contribution < -0.4 is 4.74 Å². The molecule has 0 radical (unpaired) electrons. The van der Waals surface area contributed by atoms with Gasteiger partial charge in [-0.3, -0.25) is 0 Å². The Morgan fingerprint density at radius 2 is 1.90 bits per heavy atom. The third-order valence-electron chi connectivity index (χ3n) is 4.20. The molecule has 0 aromatic heterocycles. The number of hydrogen-bond donors (Lipinski definition) is 0. The number of hydrogen-bond acceptors (Lipinski definition) is 1. The van der Waals surface area contributed by atoms with E-state index in [4.69, 9.17) is 4.74 Å². The normalized spacial score (nSPS) is 18.7. The van der Waals surface area contributed by atoms with Gasteiger partial charge >= 0.3 is 0 Å². The SMILES string of the molecule is CCCc1ccc(C(Br)C2CCOc3ccccc32)cc1. The average molecular weight is 345 g/mol. The molecular weight excluding hydrogens is 324 g/mol. The molecule has 0 saturated heterocycles. The van der Waals surface area contributed by atoms with Crippen molar-refractivity contribution < 1.29 is 4.74 Å². The van der Waals surface area contributed by atoms with Crippen LogP contribution in [0.15, 0.2) is 48.5 Å². The summed E-state index contributed by atoms with van der Waals surface area (Å²) in [6, 6.07) is 17.5. The summed E-state index contributed by atoms with van der Waals surface area (Å²) in [5, 5.41) is 0. The highest BCUT2D eigenvalue weighted by molar-refractivity contribution is 9.09. The molecule has 2 aromatic rings. The fourth-order valence-corrected chi connectivity index (χ4v) is 3.92. The molecule has 2 aromatic carbocycles. The number of halogens is 1. The zero-order valence-corrected chi connectivity index (χ0v) is 14.0. The van der Waals surface area contributed by atoms with Gasteiger partial charge < -0.3 is 4.74 Å². The molecule has 0 saturated carbocycles. The molecule has 2 heteroatoms. The molecular formula is C19H21BrO. The number of rotatable bonds is 4. The Labute approximate surface area is 135 Å². The summed E-state index contributed by atoms with van der Waals surface area (Å²) in [7, 11) is 0. The van der Waals surface area contributed by atoms with Crippen molar-refractivity contribution in [1.82, 2.24) is 0 Å². The summed E-state index contributed by atoms with van der Waals surface area (Å²) >= 11 is 3.93. The van der Waals surface area contributed by atoms with E-state index in [1.165, 1.54) is 23.1 Å². The van der Waals surface area contributed by atoms with Crippen molar-refractivity contribution >= 4 is 15.9 Å². The first-order valence-electron chi connectivity index (χ1n) is 7.74. The van der Waals surface area contributed by atoms with Crippen LogP contribution in [0.3, 0.4) is 0 Å². The maximum atomic E-state index is 5.77. The zero-order chi connectivity index (χ0) is 14.7. The summed E-state index contributed by atoms with van der Waals surface area (Å²) in [5.74, 6) is 1.52. The van der Waals surface area contributed by atoms with E-state index in [2.05, 4.69) is 65.3 Å². The van der Waals surface area contributed by atoms with Gasteiger partial charge in [0.25, 0.3) is 0 Å². The first-order chi connectivity index (χ1) is 10.3. The van der Waals surface area contributed by atoms with E-state index in [0.717, 1.165) is 25.2 Å². The van der Waals surface area contributed by atoms with Crippen molar-refractivity contribution in [3.63, 3.8) is 0 Å². The molecule has 0 aliphatic carbocycles. The summed E-state index contributed by atoms with van der Waals surface area (Å²) < 4.78 is 5.77. The molecule has 0 bridgehead atoms. The lowest BCUT2D eigenvalue weighted by molar-refractivity contribution is 0.266. The molecule has 3 rings (SSSR count). The Bertz CT molecular complexity index is 591. The minimum Gasteiger partial charge on any atom is -0.493 e. The van der Waals surface area contributed by atoms with E-state index in [9.17, 15) is 0 Å². The zero-order valence-electron chi connectivity index (χ0n) is 12.4. The van der Waals surface area contributed by atoms with Crippen LogP contribution in [0.25, 0.3) is 0 Å². The molecule has 0 fully saturated rings. The number of alkyl halides is 1. The Hall–Kier alpha value is -1.28. The van der Waals surface area contributed by atoms with Crippen LogP contribution >= 0.6 is 15.9 Å². The van der Waals surface area contributed by atoms with Crippen LogP contribution in [0.5, 0.6) is 5.75 Å². The minimum absolute atomic E-state index is 0.346. The Kier molecular flexibility index (Phi) is 4.64. The third-order valence-corrected chi connectivity index (χ3v) is 5.36. The molecule has 1 aliphatic rings. The Morgan fingerprint density at radius 3 is 2.67 bits per heavy atom. The van der Waals surface area contributed by atoms with Crippen molar-refractivity contribution in [3.05, 3.63) is 65.2 Å². The average Bonchev–Trinajstić information content (AvgIpc) is 2.55. The van der Waals surface area contributed by atoms with Crippen molar-refractivity contribution in [2.75, 3.05) is 6.61 Å². The van der Waals surface area contributed by atoms with Crippen LogP contribution in [0.2, 0.25) is 0 Å².